The third-order valence-electron chi connectivity index (χ3n) is 3.18. The number of benzene rings is 1. The van der Waals surface area contributed by atoms with Gasteiger partial charge in [0.1, 0.15) is 23.8 Å². The first-order valence-corrected chi connectivity index (χ1v) is 5.71. The van der Waals surface area contributed by atoms with E-state index in [0.717, 1.165) is 16.7 Å². The Bertz CT molecular complexity index is 764. The van der Waals surface area contributed by atoms with E-state index < -0.39 is 0 Å². The summed E-state index contributed by atoms with van der Waals surface area (Å²) >= 11 is 0. The number of halogens is 1. The van der Waals surface area contributed by atoms with Gasteiger partial charge in [0.2, 0.25) is 0 Å². The van der Waals surface area contributed by atoms with Crippen LogP contribution in [0.5, 0.6) is 5.75 Å². The molecule has 2 aromatic heterocycles. The molecule has 1 aromatic carbocycles. The summed E-state index contributed by atoms with van der Waals surface area (Å²) in [7, 11) is 0. The van der Waals surface area contributed by atoms with E-state index in [1.165, 1.54) is 12.1 Å². The Balaban J connectivity index is 2.12. The van der Waals surface area contributed by atoms with Gasteiger partial charge in [-0.2, -0.15) is 0 Å². The zero-order chi connectivity index (χ0) is 12.1. The highest BCUT2D eigenvalue weighted by atomic mass is 19.1. The molecule has 4 heteroatoms. The van der Waals surface area contributed by atoms with Gasteiger partial charge in [0.05, 0.1) is 11.4 Å². The first-order valence-electron chi connectivity index (χ1n) is 5.71. The first kappa shape index (κ1) is 9.65. The minimum atomic E-state index is -0.275. The Morgan fingerprint density at radius 3 is 3.11 bits per heavy atom. The summed E-state index contributed by atoms with van der Waals surface area (Å²) in [6.45, 7) is 0.481. The average Bonchev–Trinajstić information content (AvgIpc) is 2.77. The third-order valence-corrected chi connectivity index (χ3v) is 3.18. The molecule has 4 rings (SSSR count). The fraction of sp³-hybridized carbons (Fsp3) is 0.0714. The lowest BCUT2D eigenvalue weighted by molar-refractivity contribution is 0.285. The Labute approximate surface area is 102 Å². The number of aromatic nitrogens is 2. The van der Waals surface area contributed by atoms with Gasteiger partial charge in [-0.25, -0.2) is 9.37 Å². The largest absolute Gasteiger partial charge is 0.485 e. The number of rotatable bonds is 0. The summed E-state index contributed by atoms with van der Waals surface area (Å²) in [5.74, 6) is 0.412. The monoisotopic (exact) mass is 240 g/mol. The SMILES string of the molecule is Fc1ccc2c(c1)-n1c(cc3cccnc31)CO2. The van der Waals surface area contributed by atoms with Gasteiger partial charge in [0.25, 0.3) is 0 Å². The van der Waals surface area contributed by atoms with Crippen LogP contribution in [0.4, 0.5) is 4.39 Å². The molecule has 1 aliphatic heterocycles. The lowest BCUT2D eigenvalue weighted by Crippen LogP contribution is -2.12. The number of hydrogen-bond donors (Lipinski definition) is 0. The van der Waals surface area contributed by atoms with Crippen molar-refractivity contribution >= 4 is 11.0 Å². The third kappa shape index (κ3) is 1.20. The molecule has 0 saturated heterocycles. The maximum atomic E-state index is 13.4. The number of nitrogens with zero attached hydrogens (tertiary/aromatic N) is 2. The van der Waals surface area contributed by atoms with Crippen LogP contribution in [0.15, 0.2) is 42.6 Å². The molecule has 0 saturated carbocycles. The molecule has 0 amide bonds. The van der Waals surface area contributed by atoms with Gasteiger partial charge in [-0.3, -0.25) is 4.57 Å². The molecule has 3 heterocycles. The molecule has 1 aliphatic rings. The van der Waals surface area contributed by atoms with Crippen molar-refractivity contribution in [2.75, 3.05) is 0 Å². The molecule has 0 N–H and O–H groups in total. The molecular weight excluding hydrogens is 231 g/mol. The van der Waals surface area contributed by atoms with Gasteiger partial charge < -0.3 is 4.74 Å². The molecular formula is C14H9FN2O. The smallest absolute Gasteiger partial charge is 0.144 e. The van der Waals surface area contributed by atoms with E-state index in [2.05, 4.69) is 4.98 Å². The molecule has 0 spiro atoms. The molecule has 88 valence electrons. The molecule has 0 atom stereocenters. The van der Waals surface area contributed by atoms with Crippen LogP contribution in [-0.2, 0) is 6.61 Å². The van der Waals surface area contributed by atoms with Crippen molar-refractivity contribution in [1.29, 1.82) is 0 Å². The highest BCUT2D eigenvalue weighted by Crippen LogP contribution is 2.34. The van der Waals surface area contributed by atoms with Crippen LogP contribution in [0.3, 0.4) is 0 Å². The standard InChI is InChI=1S/C14H9FN2O/c15-10-3-4-13-12(7-10)17-11(8-18-13)6-9-2-1-5-16-14(9)17/h1-7H,8H2. The molecule has 0 fully saturated rings. The number of hydrogen-bond acceptors (Lipinski definition) is 2. The first-order chi connectivity index (χ1) is 8.83. The van der Waals surface area contributed by atoms with E-state index in [0.29, 0.717) is 18.0 Å². The fourth-order valence-electron chi connectivity index (χ4n) is 2.40. The van der Waals surface area contributed by atoms with E-state index in [-0.39, 0.29) is 5.82 Å². The van der Waals surface area contributed by atoms with Crippen molar-refractivity contribution in [2.45, 2.75) is 6.61 Å². The lowest BCUT2D eigenvalue weighted by Gasteiger charge is -2.20. The van der Waals surface area contributed by atoms with Crippen LogP contribution in [0.2, 0.25) is 0 Å². The minimum Gasteiger partial charge on any atom is -0.485 e. The lowest BCUT2D eigenvalue weighted by atomic mass is 10.2. The zero-order valence-corrected chi connectivity index (χ0v) is 9.43. The number of ether oxygens (including phenoxy) is 1. The van der Waals surface area contributed by atoms with Gasteiger partial charge in [-0.05, 0) is 30.3 Å². The summed E-state index contributed by atoms with van der Waals surface area (Å²) in [6, 6.07) is 10.4. The predicted octanol–water partition coefficient (Wildman–Crippen LogP) is 3.06. The molecule has 0 radical (unpaired) electrons. The molecule has 0 bridgehead atoms. The molecule has 0 unspecified atom stereocenters. The Morgan fingerprint density at radius 1 is 1.22 bits per heavy atom. The highest BCUT2D eigenvalue weighted by Gasteiger charge is 2.20. The molecule has 0 aliphatic carbocycles. The Kier molecular flexibility index (Phi) is 1.78. The highest BCUT2D eigenvalue weighted by molar-refractivity contribution is 5.80. The topological polar surface area (TPSA) is 27.1 Å². The average molecular weight is 240 g/mol. The predicted molar refractivity (Wildman–Crippen MR) is 65.4 cm³/mol. The summed E-state index contributed by atoms with van der Waals surface area (Å²) < 4.78 is 21.0. The van der Waals surface area contributed by atoms with E-state index in [9.17, 15) is 4.39 Å². The van der Waals surface area contributed by atoms with Gasteiger partial charge in [-0.15, -0.1) is 0 Å². The normalized spacial score (nSPS) is 12.9. The second kappa shape index (κ2) is 3.32. The number of pyridine rings is 1. The second-order valence-corrected chi connectivity index (χ2v) is 4.29. The van der Waals surface area contributed by atoms with E-state index in [1.807, 2.05) is 22.8 Å². The van der Waals surface area contributed by atoms with E-state index >= 15 is 0 Å². The van der Waals surface area contributed by atoms with Crippen molar-refractivity contribution in [3.63, 3.8) is 0 Å². The Morgan fingerprint density at radius 2 is 2.17 bits per heavy atom. The fourth-order valence-corrected chi connectivity index (χ4v) is 2.40. The molecule has 3 nitrogen and oxygen atoms in total. The van der Waals surface area contributed by atoms with Crippen molar-refractivity contribution in [3.8, 4) is 11.4 Å². The quantitative estimate of drug-likeness (QED) is 0.604. The Hall–Kier alpha value is -2.36. The summed E-state index contributed by atoms with van der Waals surface area (Å²) in [5, 5.41) is 1.04. The summed E-state index contributed by atoms with van der Waals surface area (Å²) in [4.78, 5) is 4.37. The van der Waals surface area contributed by atoms with E-state index in [4.69, 9.17) is 4.74 Å². The van der Waals surface area contributed by atoms with Crippen molar-refractivity contribution in [1.82, 2.24) is 9.55 Å². The van der Waals surface area contributed by atoms with Crippen LogP contribution in [0, 0.1) is 5.82 Å². The number of fused-ring (bicyclic) bond motifs is 5. The van der Waals surface area contributed by atoms with Gasteiger partial charge in [0, 0.05) is 17.6 Å². The summed E-state index contributed by atoms with van der Waals surface area (Å²) in [5.41, 5.74) is 2.54. The van der Waals surface area contributed by atoms with Crippen molar-refractivity contribution < 1.29 is 9.13 Å². The van der Waals surface area contributed by atoms with Crippen LogP contribution in [0.25, 0.3) is 16.7 Å². The maximum Gasteiger partial charge on any atom is 0.144 e. The van der Waals surface area contributed by atoms with Gasteiger partial charge in [0.15, 0.2) is 0 Å². The van der Waals surface area contributed by atoms with Crippen LogP contribution >= 0.6 is 0 Å². The molecule has 3 aromatic rings. The van der Waals surface area contributed by atoms with Crippen LogP contribution in [-0.4, -0.2) is 9.55 Å². The molecule has 18 heavy (non-hydrogen) atoms. The van der Waals surface area contributed by atoms with Crippen LogP contribution < -0.4 is 4.74 Å². The van der Waals surface area contributed by atoms with E-state index in [1.54, 1.807) is 12.3 Å². The van der Waals surface area contributed by atoms with Crippen LogP contribution in [0.1, 0.15) is 5.69 Å². The minimum absolute atomic E-state index is 0.275. The van der Waals surface area contributed by atoms with Gasteiger partial charge in [-0.1, -0.05) is 0 Å². The maximum absolute atomic E-state index is 13.4. The van der Waals surface area contributed by atoms with Crippen molar-refractivity contribution in [2.24, 2.45) is 0 Å². The van der Waals surface area contributed by atoms with Crippen molar-refractivity contribution in [3.05, 3.63) is 54.1 Å². The summed E-state index contributed by atoms with van der Waals surface area (Å²) in [6.07, 6.45) is 1.74. The second-order valence-electron chi connectivity index (χ2n) is 4.29. The zero-order valence-electron chi connectivity index (χ0n) is 9.43. The van der Waals surface area contributed by atoms with Gasteiger partial charge >= 0.3 is 0 Å².